The first kappa shape index (κ1) is 13.6. The van der Waals surface area contributed by atoms with E-state index in [0.29, 0.717) is 29.9 Å². The number of Topliss-reactive ketones (excluding diaryl/α,β-unsaturated/α-hetero) is 1. The molecule has 0 saturated carbocycles. The predicted molar refractivity (Wildman–Crippen MR) is 75.1 cm³/mol. The normalized spacial score (nSPS) is 37.7. The Labute approximate surface area is 116 Å². The van der Waals surface area contributed by atoms with Crippen molar-refractivity contribution in [1.82, 2.24) is 5.32 Å². The molecule has 0 aliphatic carbocycles. The molecule has 2 bridgehead atoms. The minimum absolute atomic E-state index is 0.447. The highest BCUT2D eigenvalue weighted by Gasteiger charge is 2.33. The smallest absolute Gasteiger partial charge is 0.133 e. The molecule has 0 amide bonds. The van der Waals surface area contributed by atoms with Crippen molar-refractivity contribution in [3.63, 3.8) is 0 Å². The van der Waals surface area contributed by atoms with Gasteiger partial charge >= 0.3 is 0 Å². The number of ether oxygens (including phenoxy) is 1. The van der Waals surface area contributed by atoms with Crippen molar-refractivity contribution in [2.45, 2.75) is 82.4 Å². The van der Waals surface area contributed by atoms with Crippen molar-refractivity contribution in [1.29, 1.82) is 0 Å². The molecule has 3 aliphatic heterocycles. The second-order valence-electron chi connectivity index (χ2n) is 6.75. The van der Waals surface area contributed by atoms with Crippen LogP contribution in [0.5, 0.6) is 0 Å². The van der Waals surface area contributed by atoms with E-state index >= 15 is 0 Å². The fraction of sp³-hybridized carbons (Fsp3) is 0.938. The van der Waals surface area contributed by atoms with E-state index in [1.807, 2.05) is 0 Å². The number of hydrogen-bond donors (Lipinski definition) is 1. The molecule has 3 heteroatoms. The molecule has 3 saturated heterocycles. The summed E-state index contributed by atoms with van der Waals surface area (Å²) in [6.45, 7) is 0.927. The molecule has 3 fully saturated rings. The van der Waals surface area contributed by atoms with Gasteiger partial charge in [-0.05, 0) is 57.3 Å². The van der Waals surface area contributed by atoms with E-state index in [1.54, 1.807) is 0 Å². The molecule has 19 heavy (non-hydrogen) atoms. The highest BCUT2D eigenvalue weighted by atomic mass is 16.5. The van der Waals surface area contributed by atoms with Crippen LogP contribution in [0.2, 0.25) is 0 Å². The molecule has 1 N–H and O–H groups in total. The number of hydrogen-bond acceptors (Lipinski definition) is 3. The third-order valence-electron chi connectivity index (χ3n) is 5.09. The molecule has 108 valence electrons. The van der Waals surface area contributed by atoms with E-state index in [1.165, 1.54) is 38.5 Å². The second kappa shape index (κ2) is 6.36. The van der Waals surface area contributed by atoms with Gasteiger partial charge in [0.1, 0.15) is 5.78 Å². The zero-order valence-electron chi connectivity index (χ0n) is 11.9. The monoisotopic (exact) mass is 265 g/mol. The molecule has 0 aromatic carbocycles. The van der Waals surface area contributed by atoms with Gasteiger partial charge in [-0.3, -0.25) is 4.79 Å². The molecule has 3 unspecified atom stereocenters. The minimum atomic E-state index is 0.447. The SMILES string of the molecule is O=C(CCCC1CCCO1)CC1CC2CCC(C1)N2. The van der Waals surface area contributed by atoms with Gasteiger partial charge in [-0.25, -0.2) is 0 Å². The van der Waals surface area contributed by atoms with E-state index < -0.39 is 0 Å². The van der Waals surface area contributed by atoms with E-state index in [4.69, 9.17) is 4.74 Å². The lowest BCUT2D eigenvalue weighted by molar-refractivity contribution is -0.120. The van der Waals surface area contributed by atoms with Gasteiger partial charge in [0.05, 0.1) is 6.10 Å². The number of piperidine rings is 1. The molecule has 3 rings (SSSR count). The van der Waals surface area contributed by atoms with Gasteiger partial charge in [0.15, 0.2) is 0 Å². The Hall–Kier alpha value is -0.410. The number of carbonyl (C=O) groups excluding carboxylic acids is 1. The maximum atomic E-state index is 12.1. The maximum Gasteiger partial charge on any atom is 0.133 e. The van der Waals surface area contributed by atoms with Crippen LogP contribution in [0.4, 0.5) is 0 Å². The van der Waals surface area contributed by atoms with E-state index in [-0.39, 0.29) is 0 Å². The molecule has 3 aliphatic rings. The van der Waals surface area contributed by atoms with Crippen LogP contribution in [0.25, 0.3) is 0 Å². The van der Waals surface area contributed by atoms with Gasteiger partial charge in [0.25, 0.3) is 0 Å². The highest BCUT2D eigenvalue weighted by Crippen LogP contribution is 2.33. The van der Waals surface area contributed by atoms with Crippen LogP contribution < -0.4 is 5.32 Å². The largest absolute Gasteiger partial charge is 0.378 e. The molecule has 3 heterocycles. The average Bonchev–Trinajstić information content (AvgIpc) is 2.99. The zero-order chi connectivity index (χ0) is 13.1. The first-order valence-electron chi connectivity index (χ1n) is 8.19. The number of nitrogens with one attached hydrogen (secondary N) is 1. The van der Waals surface area contributed by atoms with E-state index in [9.17, 15) is 4.79 Å². The summed E-state index contributed by atoms with van der Waals surface area (Å²) in [7, 11) is 0. The summed E-state index contributed by atoms with van der Waals surface area (Å²) in [4.78, 5) is 12.1. The lowest BCUT2D eigenvalue weighted by Gasteiger charge is -2.28. The van der Waals surface area contributed by atoms with Crippen molar-refractivity contribution in [3.05, 3.63) is 0 Å². The Bertz CT molecular complexity index is 300. The fourth-order valence-corrected chi connectivity index (χ4v) is 4.16. The van der Waals surface area contributed by atoms with Gasteiger partial charge < -0.3 is 10.1 Å². The maximum absolute atomic E-state index is 12.1. The molecule has 0 spiro atoms. The van der Waals surface area contributed by atoms with Crippen LogP contribution in [-0.4, -0.2) is 30.6 Å². The summed E-state index contributed by atoms with van der Waals surface area (Å²) >= 11 is 0. The van der Waals surface area contributed by atoms with Crippen molar-refractivity contribution in [2.75, 3.05) is 6.61 Å². The van der Waals surface area contributed by atoms with Crippen LogP contribution in [0.1, 0.15) is 64.2 Å². The molecule has 0 radical (unpaired) electrons. The van der Waals surface area contributed by atoms with Crippen LogP contribution in [-0.2, 0) is 9.53 Å². The van der Waals surface area contributed by atoms with Crippen molar-refractivity contribution < 1.29 is 9.53 Å². The molecular weight excluding hydrogens is 238 g/mol. The van der Waals surface area contributed by atoms with Gasteiger partial charge in [0.2, 0.25) is 0 Å². The Morgan fingerprint density at radius 3 is 2.63 bits per heavy atom. The topological polar surface area (TPSA) is 38.3 Å². The van der Waals surface area contributed by atoms with Crippen LogP contribution in [0.3, 0.4) is 0 Å². The van der Waals surface area contributed by atoms with Gasteiger partial charge in [-0.1, -0.05) is 0 Å². The molecule has 0 aromatic rings. The van der Waals surface area contributed by atoms with Crippen molar-refractivity contribution >= 4 is 5.78 Å². The highest BCUT2D eigenvalue weighted by molar-refractivity contribution is 5.78. The summed E-state index contributed by atoms with van der Waals surface area (Å²) in [6, 6.07) is 1.42. The molecule has 3 atom stereocenters. The van der Waals surface area contributed by atoms with Gasteiger partial charge in [0, 0.05) is 31.5 Å². The Kier molecular flexibility index (Phi) is 4.54. The number of carbonyl (C=O) groups is 1. The Morgan fingerprint density at radius 2 is 1.95 bits per heavy atom. The quantitative estimate of drug-likeness (QED) is 0.802. The lowest BCUT2D eigenvalue weighted by Crippen LogP contribution is -2.38. The van der Waals surface area contributed by atoms with E-state index in [2.05, 4.69) is 5.32 Å². The second-order valence-corrected chi connectivity index (χ2v) is 6.75. The molecular formula is C16H27NO2. The van der Waals surface area contributed by atoms with Crippen molar-refractivity contribution in [2.24, 2.45) is 5.92 Å². The standard InChI is InChI=1S/C16H27NO2/c18-15(3-1-4-16-5-2-8-19-16)11-12-9-13-6-7-14(10-12)17-13/h12-14,16-17H,1-11H2. The Balaban J connectivity index is 1.32. The summed E-state index contributed by atoms with van der Waals surface area (Å²) in [5, 5.41) is 3.65. The first-order chi connectivity index (χ1) is 9.29. The Morgan fingerprint density at radius 1 is 1.16 bits per heavy atom. The summed E-state index contributed by atoms with van der Waals surface area (Å²) in [5.41, 5.74) is 0. The van der Waals surface area contributed by atoms with Gasteiger partial charge in [-0.15, -0.1) is 0 Å². The summed E-state index contributed by atoms with van der Waals surface area (Å²) < 4.78 is 5.60. The number of rotatable bonds is 6. The molecule has 3 nitrogen and oxygen atoms in total. The van der Waals surface area contributed by atoms with Crippen LogP contribution in [0, 0.1) is 5.92 Å². The average molecular weight is 265 g/mol. The van der Waals surface area contributed by atoms with Crippen LogP contribution in [0.15, 0.2) is 0 Å². The minimum Gasteiger partial charge on any atom is -0.378 e. The lowest BCUT2D eigenvalue weighted by atomic mass is 9.87. The summed E-state index contributed by atoms with van der Waals surface area (Å²) in [5.74, 6) is 1.15. The first-order valence-corrected chi connectivity index (χ1v) is 8.19. The number of fused-ring (bicyclic) bond motifs is 2. The zero-order valence-corrected chi connectivity index (χ0v) is 11.9. The molecule has 0 aromatic heterocycles. The van der Waals surface area contributed by atoms with Gasteiger partial charge in [-0.2, -0.15) is 0 Å². The van der Waals surface area contributed by atoms with Crippen molar-refractivity contribution in [3.8, 4) is 0 Å². The summed E-state index contributed by atoms with van der Waals surface area (Å²) in [6.07, 6.45) is 11.7. The predicted octanol–water partition coefficient (Wildman–Crippen LogP) is 2.83. The van der Waals surface area contributed by atoms with E-state index in [0.717, 1.165) is 32.3 Å². The fourth-order valence-electron chi connectivity index (χ4n) is 4.16. The number of ketones is 1. The third kappa shape index (κ3) is 3.79. The third-order valence-corrected chi connectivity index (χ3v) is 5.09. The van der Waals surface area contributed by atoms with Crippen LogP contribution >= 0.6 is 0 Å².